The van der Waals surface area contributed by atoms with Gasteiger partial charge in [0.1, 0.15) is 6.61 Å². The third-order valence-corrected chi connectivity index (χ3v) is 6.22. The van der Waals surface area contributed by atoms with Crippen LogP contribution in [0, 0.1) is 6.92 Å². The van der Waals surface area contributed by atoms with Gasteiger partial charge in [0, 0.05) is 6.20 Å². The van der Waals surface area contributed by atoms with Gasteiger partial charge in [-0.1, -0.05) is 52.0 Å². The van der Waals surface area contributed by atoms with Gasteiger partial charge in [-0.2, -0.15) is 0 Å². The Kier molecular flexibility index (Phi) is 5.79. The second-order valence-electron chi connectivity index (χ2n) is 9.32. The first kappa shape index (κ1) is 20.8. The highest BCUT2D eigenvalue weighted by Crippen LogP contribution is 2.46. The number of hydrogen-bond acceptors (Lipinski definition) is 3. The van der Waals surface area contributed by atoms with Gasteiger partial charge in [0.15, 0.2) is 0 Å². The molecule has 0 N–H and O–H groups in total. The Hall–Kier alpha value is -1.97. The van der Waals surface area contributed by atoms with Crippen molar-refractivity contribution in [3.8, 4) is 0 Å². The van der Waals surface area contributed by atoms with Crippen molar-refractivity contribution in [1.29, 1.82) is 0 Å². The fourth-order valence-electron chi connectivity index (χ4n) is 4.07. The first-order chi connectivity index (χ1) is 13.1. The van der Waals surface area contributed by atoms with Crippen LogP contribution in [0.15, 0.2) is 30.5 Å². The topological polar surface area (TPSA) is 31.4 Å². The highest BCUT2D eigenvalue weighted by atomic mass is 17.2. The Morgan fingerprint density at radius 3 is 2.29 bits per heavy atom. The normalized spacial score (nSPS) is 18.0. The minimum Gasteiger partial charge on any atom is -0.258 e. The number of hydrogen-bond donors (Lipinski definition) is 0. The molecule has 0 bridgehead atoms. The minimum atomic E-state index is 0.222. The van der Waals surface area contributed by atoms with Crippen LogP contribution in [0.1, 0.15) is 81.0 Å². The van der Waals surface area contributed by atoms with E-state index in [-0.39, 0.29) is 10.8 Å². The molecule has 0 fully saturated rings. The van der Waals surface area contributed by atoms with E-state index in [9.17, 15) is 0 Å². The average molecular weight is 380 g/mol. The van der Waals surface area contributed by atoms with E-state index >= 15 is 0 Å². The van der Waals surface area contributed by atoms with Crippen molar-refractivity contribution in [2.75, 3.05) is 7.11 Å². The Morgan fingerprint density at radius 1 is 1.07 bits per heavy atom. The first-order valence-corrected chi connectivity index (χ1v) is 10.1. The van der Waals surface area contributed by atoms with Crippen molar-refractivity contribution in [3.63, 3.8) is 0 Å². The van der Waals surface area contributed by atoms with Crippen molar-refractivity contribution in [2.45, 2.75) is 71.8 Å². The summed E-state index contributed by atoms with van der Waals surface area (Å²) in [5.41, 5.74) is 9.30. The van der Waals surface area contributed by atoms with Gasteiger partial charge < -0.3 is 0 Å². The molecule has 28 heavy (non-hydrogen) atoms. The summed E-state index contributed by atoms with van der Waals surface area (Å²) in [7, 11) is 1.50. The number of rotatable bonds is 5. The van der Waals surface area contributed by atoms with Crippen LogP contribution < -0.4 is 0 Å². The van der Waals surface area contributed by atoms with Crippen LogP contribution in [0.4, 0.5) is 0 Å². The highest BCUT2D eigenvalue weighted by Gasteiger charge is 2.37. The summed E-state index contributed by atoms with van der Waals surface area (Å²) in [5, 5.41) is 0. The van der Waals surface area contributed by atoms with Gasteiger partial charge in [-0.25, -0.2) is 9.78 Å². The molecular formula is C25H33NO2. The zero-order valence-corrected chi connectivity index (χ0v) is 18.3. The number of aromatic nitrogens is 1. The standard InChI is InChI=1S/C25H33NO2/c1-17(19-8-9-21(26-15-19)16-28-27-7)12-20-14-23-22(13-18(20)2)24(3,4)10-11-25(23,5)6/h8-9,12-15H,10-11,16H2,1-7H3. The van der Waals surface area contributed by atoms with Gasteiger partial charge >= 0.3 is 0 Å². The molecule has 0 radical (unpaired) electrons. The molecule has 3 rings (SSSR count). The maximum absolute atomic E-state index is 4.94. The molecule has 0 atom stereocenters. The van der Waals surface area contributed by atoms with E-state index in [1.165, 1.54) is 47.8 Å². The van der Waals surface area contributed by atoms with E-state index in [2.05, 4.69) is 75.7 Å². The molecule has 3 nitrogen and oxygen atoms in total. The smallest absolute Gasteiger partial charge is 0.124 e. The van der Waals surface area contributed by atoms with Gasteiger partial charge in [-0.05, 0) is 77.0 Å². The molecule has 3 heteroatoms. The SMILES string of the molecule is COOCc1ccc(C(C)=Cc2cc3c(cc2C)C(C)(C)CCC3(C)C)cn1. The van der Waals surface area contributed by atoms with E-state index < -0.39 is 0 Å². The van der Waals surface area contributed by atoms with Gasteiger partial charge in [-0.3, -0.25) is 4.98 Å². The maximum atomic E-state index is 4.94. The number of benzene rings is 1. The van der Waals surface area contributed by atoms with Crippen LogP contribution in [0.2, 0.25) is 0 Å². The maximum Gasteiger partial charge on any atom is 0.124 e. The molecule has 0 saturated carbocycles. The lowest BCUT2D eigenvalue weighted by Crippen LogP contribution is -2.34. The zero-order chi connectivity index (χ0) is 20.5. The van der Waals surface area contributed by atoms with E-state index in [1.54, 1.807) is 0 Å². The van der Waals surface area contributed by atoms with Gasteiger partial charge in [0.25, 0.3) is 0 Å². The van der Waals surface area contributed by atoms with Crippen molar-refractivity contribution in [2.24, 2.45) is 0 Å². The quantitative estimate of drug-likeness (QED) is 0.446. The van der Waals surface area contributed by atoms with Crippen molar-refractivity contribution < 1.29 is 9.78 Å². The van der Waals surface area contributed by atoms with Gasteiger partial charge in [0.05, 0.1) is 12.8 Å². The molecule has 1 heterocycles. The molecular weight excluding hydrogens is 346 g/mol. The summed E-state index contributed by atoms with van der Waals surface area (Å²) < 4.78 is 0. The molecule has 0 aliphatic heterocycles. The van der Waals surface area contributed by atoms with Crippen LogP contribution in [-0.4, -0.2) is 12.1 Å². The second-order valence-corrected chi connectivity index (χ2v) is 9.32. The van der Waals surface area contributed by atoms with E-state index in [1.807, 2.05) is 12.3 Å². The Bertz CT molecular complexity index is 876. The summed E-state index contributed by atoms with van der Waals surface area (Å²) in [6.07, 6.45) is 6.66. The summed E-state index contributed by atoms with van der Waals surface area (Å²) in [5.74, 6) is 0. The second kappa shape index (κ2) is 7.81. The number of aryl methyl sites for hydroxylation is 1. The van der Waals surface area contributed by atoms with Crippen LogP contribution >= 0.6 is 0 Å². The summed E-state index contributed by atoms with van der Waals surface area (Å²) in [6, 6.07) is 8.91. The van der Waals surface area contributed by atoms with E-state index in [0.29, 0.717) is 6.61 Å². The van der Waals surface area contributed by atoms with Gasteiger partial charge in [0.2, 0.25) is 0 Å². The average Bonchev–Trinajstić information content (AvgIpc) is 2.65. The lowest BCUT2D eigenvalue weighted by atomic mass is 9.62. The predicted octanol–water partition coefficient (Wildman–Crippen LogP) is 6.38. The number of nitrogens with zero attached hydrogens (tertiary/aromatic N) is 1. The van der Waals surface area contributed by atoms with Gasteiger partial charge in [-0.15, -0.1) is 0 Å². The molecule has 0 spiro atoms. The summed E-state index contributed by atoms with van der Waals surface area (Å²) >= 11 is 0. The molecule has 0 amide bonds. The number of allylic oxidation sites excluding steroid dienone is 1. The summed E-state index contributed by atoms with van der Waals surface area (Å²) in [4.78, 5) is 14.1. The third-order valence-electron chi connectivity index (χ3n) is 6.22. The number of fused-ring (bicyclic) bond motifs is 1. The fourth-order valence-corrected chi connectivity index (χ4v) is 4.07. The predicted molar refractivity (Wildman–Crippen MR) is 116 cm³/mol. The lowest BCUT2D eigenvalue weighted by Gasteiger charge is -2.42. The van der Waals surface area contributed by atoms with Crippen LogP contribution in [0.25, 0.3) is 11.6 Å². The highest BCUT2D eigenvalue weighted by molar-refractivity contribution is 5.81. The van der Waals surface area contributed by atoms with Crippen LogP contribution in [0.3, 0.4) is 0 Å². The summed E-state index contributed by atoms with van der Waals surface area (Å²) in [6.45, 7) is 14.2. The lowest BCUT2D eigenvalue weighted by molar-refractivity contribution is -0.282. The Balaban J connectivity index is 1.95. The van der Waals surface area contributed by atoms with Crippen molar-refractivity contribution in [1.82, 2.24) is 4.98 Å². The molecule has 1 aliphatic rings. The Labute approximate surface area is 169 Å². The molecule has 0 saturated heterocycles. The minimum absolute atomic E-state index is 0.222. The number of pyridine rings is 1. The Morgan fingerprint density at radius 2 is 1.71 bits per heavy atom. The van der Waals surface area contributed by atoms with Crippen molar-refractivity contribution >= 4 is 11.6 Å². The first-order valence-electron chi connectivity index (χ1n) is 10.1. The van der Waals surface area contributed by atoms with Crippen molar-refractivity contribution in [3.05, 3.63) is 64.0 Å². The fraction of sp³-hybridized carbons (Fsp3) is 0.480. The van der Waals surface area contributed by atoms with Crippen LogP contribution in [0.5, 0.6) is 0 Å². The molecule has 150 valence electrons. The third kappa shape index (κ3) is 4.21. The largest absolute Gasteiger partial charge is 0.258 e. The molecule has 1 aromatic heterocycles. The zero-order valence-electron chi connectivity index (χ0n) is 18.3. The monoisotopic (exact) mass is 379 g/mol. The molecule has 1 aliphatic carbocycles. The van der Waals surface area contributed by atoms with Crippen LogP contribution in [-0.2, 0) is 27.2 Å². The molecule has 0 unspecified atom stereocenters. The molecule has 2 aromatic rings. The van der Waals surface area contributed by atoms with E-state index in [4.69, 9.17) is 4.89 Å². The molecule has 1 aromatic carbocycles. The van der Waals surface area contributed by atoms with E-state index in [0.717, 1.165) is 11.3 Å².